The summed E-state index contributed by atoms with van der Waals surface area (Å²) in [5.74, 6) is 1.73. The first kappa shape index (κ1) is 26.9. The third-order valence-electron chi connectivity index (χ3n) is 4.03. The summed E-state index contributed by atoms with van der Waals surface area (Å²) in [6.45, 7) is 7.19. The Morgan fingerprint density at radius 2 is 1.71 bits per heavy atom. The lowest BCUT2D eigenvalue weighted by atomic mass is 10.2. The Morgan fingerprint density at radius 3 is 2.36 bits per heavy atom. The third-order valence-corrected chi connectivity index (χ3v) is 4.03. The molecular weight excluding hydrogens is 467 g/mol. The summed E-state index contributed by atoms with van der Waals surface area (Å²) < 4.78 is 11.3. The number of hydrogen-bond acceptors (Lipinski definition) is 4. The summed E-state index contributed by atoms with van der Waals surface area (Å²) in [4.78, 5) is 6.42. The Morgan fingerprint density at radius 1 is 1.00 bits per heavy atom. The number of nitrogens with one attached hydrogen (secondary N) is 2. The molecule has 0 bridgehead atoms. The van der Waals surface area contributed by atoms with Gasteiger partial charge in [-0.2, -0.15) is 0 Å². The highest BCUT2D eigenvalue weighted by Crippen LogP contribution is 2.12. The molecule has 0 aliphatic carbocycles. The van der Waals surface area contributed by atoms with Gasteiger partial charge in [-0.25, -0.2) is 0 Å². The fourth-order valence-corrected chi connectivity index (χ4v) is 2.41. The van der Waals surface area contributed by atoms with Crippen LogP contribution < -0.4 is 15.4 Å². The fraction of sp³-hybridized carbons (Fsp3) is 0.667. The van der Waals surface area contributed by atoms with Crippen LogP contribution in [0.2, 0.25) is 0 Å². The van der Waals surface area contributed by atoms with Crippen molar-refractivity contribution in [2.75, 3.05) is 54.1 Å². The van der Waals surface area contributed by atoms with Gasteiger partial charge in [-0.3, -0.25) is 4.99 Å². The topological polar surface area (TPSA) is 58.1 Å². The van der Waals surface area contributed by atoms with Crippen molar-refractivity contribution in [3.63, 3.8) is 0 Å². The van der Waals surface area contributed by atoms with Crippen LogP contribution in [0.4, 0.5) is 0 Å². The summed E-state index contributed by atoms with van der Waals surface area (Å²) >= 11 is 0. The van der Waals surface area contributed by atoms with Crippen molar-refractivity contribution in [2.24, 2.45) is 4.99 Å². The van der Waals surface area contributed by atoms with Crippen molar-refractivity contribution in [3.05, 3.63) is 29.8 Å². The van der Waals surface area contributed by atoms with Gasteiger partial charge in [-0.15, -0.1) is 24.0 Å². The van der Waals surface area contributed by atoms with Gasteiger partial charge in [-0.1, -0.05) is 25.5 Å². The van der Waals surface area contributed by atoms with Gasteiger partial charge in [0.1, 0.15) is 5.75 Å². The van der Waals surface area contributed by atoms with Crippen molar-refractivity contribution in [1.29, 1.82) is 0 Å². The Bertz CT molecular complexity index is 510. The Kier molecular flexibility index (Phi) is 17.3. The van der Waals surface area contributed by atoms with Gasteiger partial charge in [0.2, 0.25) is 0 Å². The smallest absolute Gasteiger partial charge is 0.191 e. The van der Waals surface area contributed by atoms with Crippen LogP contribution in [0.15, 0.2) is 29.3 Å². The number of nitrogens with zero attached hydrogens (tertiary/aromatic N) is 2. The molecule has 0 amide bonds. The van der Waals surface area contributed by atoms with Gasteiger partial charge in [0.25, 0.3) is 0 Å². The van der Waals surface area contributed by atoms with Gasteiger partial charge >= 0.3 is 0 Å². The molecule has 2 N–H and O–H groups in total. The van der Waals surface area contributed by atoms with E-state index in [1.165, 1.54) is 12.0 Å². The molecule has 0 spiro atoms. The summed E-state index contributed by atoms with van der Waals surface area (Å²) in [5.41, 5.74) is 1.20. The van der Waals surface area contributed by atoms with Crippen LogP contribution in [0, 0.1) is 0 Å². The Labute approximate surface area is 188 Å². The van der Waals surface area contributed by atoms with Crippen LogP contribution in [0.25, 0.3) is 0 Å². The van der Waals surface area contributed by atoms with E-state index in [2.05, 4.69) is 53.7 Å². The van der Waals surface area contributed by atoms with Gasteiger partial charge < -0.3 is 25.0 Å². The van der Waals surface area contributed by atoms with E-state index in [1.807, 2.05) is 12.1 Å². The summed E-state index contributed by atoms with van der Waals surface area (Å²) in [6, 6.07) is 8.22. The second-order valence-corrected chi connectivity index (χ2v) is 6.82. The zero-order chi connectivity index (χ0) is 19.7. The number of unbranched alkanes of at least 4 members (excludes halogenated alkanes) is 1. The highest BCUT2D eigenvalue weighted by Gasteiger charge is 2.00. The second-order valence-electron chi connectivity index (χ2n) is 6.82. The normalized spacial score (nSPS) is 11.2. The first-order valence-corrected chi connectivity index (χ1v) is 10.0. The SMILES string of the molecule is CCCCOCCCNC(=NC)NCc1ccc(OCCCN(C)C)cc1.I. The van der Waals surface area contributed by atoms with E-state index in [0.29, 0.717) is 0 Å². The largest absolute Gasteiger partial charge is 0.494 e. The summed E-state index contributed by atoms with van der Waals surface area (Å²) in [6.07, 6.45) is 4.32. The van der Waals surface area contributed by atoms with Gasteiger partial charge in [-0.05, 0) is 51.1 Å². The van der Waals surface area contributed by atoms with Gasteiger partial charge in [0.15, 0.2) is 5.96 Å². The molecule has 7 heteroatoms. The number of hydrogen-bond donors (Lipinski definition) is 2. The molecule has 28 heavy (non-hydrogen) atoms. The Balaban J connectivity index is 0.00000729. The predicted molar refractivity (Wildman–Crippen MR) is 129 cm³/mol. The molecular formula is C21H39IN4O2. The first-order chi connectivity index (χ1) is 13.2. The molecule has 0 aromatic heterocycles. The van der Waals surface area contributed by atoms with Crippen LogP contribution in [-0.2, 0) is 11.3 Å². The summed E-state index contributed by atoms with van der Waals surface area (Å²) in [7, 11) is 5.94. The molecule has 0 saturated heterocycles. The van der Waals surface area contributed by atoms with E-state index in [0.717, 1.165) is 70.4 Å². The molecule has 0 heterocycles. The van der Waals surface area contributed by atoms with Crippen LogP contribution in [-0.4, -0.2) is 64.9 Å². The maximum Gasteiger partial charge on any atom is 0.191 e. The van der Waals surface area contributed by atoms with Crippen LogP contribution in [0.1, 0.15) is 38.2 Å². The minimum Gasteiger partial charge on any atom is -0.494 e. The number of rotatable bonds is 14. The maximum atomic E-state index is 5.76. The minimum absolute atomic E-state index is 0. The van der Waals surface area contributed by atoms with E-state index in [1.54, 1.807) is 7.05 Å². The second kappa shape index (κ2) is 18.0. The van der Waals surface area contributed by atoms with Crippen molar-refractivity contribution >= 4 is 29.9 Å². The molecule has 0 aliphatic heterocycles. The van der Waals surface area contributed by atoms with E-state index in [9.17, 15) is 0 Å². The Hall–Kier alpha value is -1.06. The van der Waals surface area contributed by atoms with Gasteiger partial charge in [0, 0.05) is 39.9 Å². The fourth-order valence-electron chi connectivity index (χ4n) is 2.41. The van der Waals surface area contributed by atoms with Crippen LogP contribution in [0.5, 0.6) is 5.75 Å². The molecule has 1 rings (SSSR count). The lowest BCUT2D eigenvalue weighted by Gasteiger charge is -2.13. The average Bonchev–Trinajstić information content (AvgIpc) is 2.67. The molecule has 0 atom stereocenters. The van der Waals surface area contributed by atoms with Crippen LogP contribution in [0.3, 0.4) is 0 Å². The van der Waals surface area contributed by atoms with Crippen molar-refractivity contribution in [3.8, 4) is 5.75 Å². The molecule has 1 aromatic carbocycles. The molecule has 0 radical (unpaired) electrons. The number of aliphatic imine (C=N–C) groups is 1. The quantitative estimate of drug-likeness (QED) is 0.175. The van der Waals surface area contributed by atoms with Crippen molar-refractivity contribution < 1.29 is 9.47 Å². The van der Waals surface area contributed by atoms with Crippen molar-refractivity contribution in [1.82, 2.24) is 15.5 Å². The zero-order valence-electron chi connectivity index (χ0n) is 18.0. The predicted octanol–water partition coefficient (Wildman–Crippen LogP) is 3.51. The molecule has 162 valence electrons. The van der Waals surface area contributed by atoms with Crippen LogP contribution >= 0.6 is 24.0 Å². The monoisotopic (exact) mass is 506 g/mol. The number of benzene rings is 1. The van der Waals surface area contributed by atoms with E-state index < -0.39 is 0 Å². The van der Waals surface area contributed by atoms with E-state index in [4.69, 9.17) is 9.47 Å². The third kappa shape index (κ3) is 14.0. The lowest BCUT2D eigenvalue weighted by molar-refractivity contribution is 0.129. The molecule has 0 saturated carbocycles. The molecule has 0 aliphatic rings. The van der Waals surface area contributed by atoms with Crippen molar-refractivity contribution in [2.45, 2.75) is 39.2 Å². The number of halogens is 1. The zero-order valence-corrected chi connectivity index (χ0v) is 20.3. The average molecular weight is 506 g/mol. The molecule has 0 unspecified atom stereocenters. The van der Waals surface area contributed by atoms with E-state index >= 15 is 0 Å². The molecule has 1 aromatic rings. The molecule has 6 nitrogen and oxygen atoms in total. The van der Waals surface area contributed by atoms with E-state index in [-0.39, 0.29) is 24.0 Å². The first-order valence-electron chi connectivity index (χ1n) is 10.0. The number of guanidine groups is 1. The lowest BCUT2D eigenvalue weighted by Crippen LogP contribution is -2.37. The highest BCUT2D eigenvalue weighted by atomic mass is 127. The summed E-state index contributed by atoms with van der Waals surface area (Å²) in [5, 5.41) is 6.65. The highest BCUT2D eigenvalue weighted by molar-refractivity contribution is 14.0. The minimum atomic E-state index is 0. The maximum absolute atomic E-state index is 5.76. The van der Waals surface area contributed by atoms with Gasteiger partial charge in [0.05, 0.1) is 6.61 Å². The number of ether oxygens (including phenoxy) is 2. The molecule has 0 fully saturated rings. The standard InChI is InChI=1S/C21H38N4O2.HI/c1-5-6-15-26-16-7-13-23-21(22-2)24-18-19-9-11-20(12-10-19)27-17-8-14-25(3)4;/h9-12H,5-8,13-18H2,1-4H3,(H2,22,23,24);1H.